The summed E-state index contributed by atoms with van der Waals surface area (Å²) in [6.07, 6.45) is 4.56. The molecule has 1 aliphatic heterocycles. The average Bonchev–Trinajstić information content (AvgIpc) is 3.28. The van der Waals surface area contributed by atoms with Gasteiger partial charge in [-0.1, -0.05) is 12.1 Å². The van der Waals surface area contributed by atoms with Crippen molar-refractivity contribution in [3.05, 3.63) is 60.0 Å². The molecule has 11 nitrogen and oxygen atoms in total. The summed E-state index contributed by atoms with van der Waals surface area (Å²) in [6.45, 7) is 8.64. The van der Waals surface area contributed by atoms with Gasteiger partial charge >= 0.3 is 6.09 Å². The van der Waals surface area contributed by atoms with Crippen LogP contribution < -0.4 is 16.0 Å². The number of nitrogens with zero attached hydrogens (tertiary/aromatic N) is 5. The number of aromatic nitrogens is 4. The highest BCUT2D eigenvalue weighted by molar-refractivity contribution is 7.10. The number of fused-ring (bicyclic) bond motifs is 1. The lowest BCUT2D eigenvalue weighted by atomic mass is 10.1. The van der Waals surface area contributed by atoms with E-state index in [1.165, 1.54) is 11.5 Å². The number of carbonyl (C=O) groups is 2. The first-order valence-electron chi connectivity index (χ1n) is 13.1. The molecule has 40 heavy (non-hydrogen) atoms. The van der Waals surface area contributed by atoms with Crippen molar-refractivity contribution < 1.29 is 14.3 Å². The first-order chi connectivity index (χ1) is 19.1. The molecule has 12 heteroatoms. The summed E-state index contributed by atoms with van der Waals surface area (Å²) in [5.41, 5.74) is 2.67. The minimum Gasteiger partial charge on any atom is -0.444 e. The lowest BCUT2D eigenvalue weighted by Gasteiger charge is -2.33. The highest BCUT2D eigenvalue weighted by Gasteiger charge is 2.27. The van der Waals surface area contributed by atoms with Crippen molar-refractivity contribution in [2.75, 3.05) is 29.0 Å². The Kier molecular flexibility index (Phi) is 7.78. The number of ether oxygens (including phenoxy) is 1. The van der Waals surface area contributed by atoms with E-state index in [9.17, 15) is 9.59 Å². The number of para-hydroxylation sites is 2. The van der Waals surface area contributed by atoms with Crippen LogP contribution in [0.5, 0.6) is 0 Å². The molecule has 2 amide bonds. The number of carbonyl (C=O) groups excluding carboxylic acids is 2. The Hall–Kier alpha value is -4.32. The second-order valence-electron chi connectivity index (χ2n) is 10.6. The lowest BCUT2D eigenvalue weighted by Crippen LogP contribution is -2.44. The van der Waals surface area contributed by atoms with Crippen LogP contribution in [0.3, 0.4) is 0 Å². The van der Waals surface area contributed by atoms with Crippen molar-refractivity contribution in [3.8, 4) is 0 Å². The van der Waals surface area contributed by atoms with Gasteiger partial charge in [-0.2, -0.15) is 4.37 Å². The van der Waals surface area contributed by atoms with Gasteiger partial charge in [-0.05, 0) is 76.3 Å². The third-order valence-corrected chi connectivity index (χ3v) is 7.15. The van der Waals surface area contributed by atoms with Gasteiger partial charge < -0.3 is 25.6 Å². The van der Waals surface area contributed by atoms with Crippen LogP contribution in [0, 0.1) is 6.92 Å². The van der Waals surface area contributed by atoms with Crippen LogP contribution in [0.25, 0.3) is 11.0 Å². The Morgan fingerprint density at radius 1 is 1.00 bits per heavy atom. The molecule has 4 heterocycles. The number of aryl methyl sites for hydroxylation is 1. The van der Waals surface area contributed by atoms with Crippen molar-refractivity contribution in [1.82, 2.24) is 24.2 Å². The molecule has 4 aromatic rings. The Labute approximate surface area is 236 Å². The fourth-order valence-electron chi connectivity index (χ4n) is 4.34. The van der Waals surface area contributed by atoms with Crippen LogP contribution in [-0.4, -0.2) is 61.0 Å². The van der Waals surface area contributed by atoms with E-state index in [0.29, 0.717) is 46.7 Å². The molecular weight excluding hydrogens is 528 g/mol. The normalized spacial score (nSPS) is 14.2. The molecule has 0 bridgehead atoms. The molecule has 1 saturated heterocycles. The first kappa shape index (κ1) is 27.3. The molecule has 1 aromatic carbocycles. The number of piperidine rings is 1. The van der Waals surface area contributed by atoms with E-state index < -0.39 is 5.60 Å². The SMILES string of the molecule is Cc1nsc(Nc2cnc3ccccc3n2)c1C(=O)Nc1ccc(NC2CCN(C(=O)OC(C)(C)C)CC2)nc1. The van der Waals surface area contributed by atoms with Crippen molar-refractivity contribution in [2.45, 2.75) is 52.2 Å². The lowest BCUT2D eigenvalue weighted by molar-refractivity contribution is 0.0210. The summed E-state index contributed by atoms with van der Waals surface area (Å²) in [7, 11) is 0. The molecule has 208 valence electrons. The number of hydrogen-bond acceptors (Lipinski definition) is 10. The molecule has 0 unspecified atom stereocenters. The number of likely N-dealkylation sites (tertiary alicyclic amines) is 1. The van der Waals surface area contributed by atoms with Crippen molar-refractivity contribution >= 4 is 56.9 Å². The van der Waals surface area contributed by atoms with Crippen LogP contribution in [-0.2, 0) is 4.74 Å². The molecule has 0 atom stereocenters. The monoisotopic (exact) mass is 560 g/mol. The molecule has 0 aliphatic carbocycles. The van der Waals surface area contributed by atoms with Gasteiger partial charge in [0, 0.05) is 19.1 Å². The van der Waals surface area contributed by atoms with E-state index in [2.05, 4.69) is 35.3 Å². The van der Waals surface area contributed by atoms with Gasteiger partial charge in [0.25, 0.3) is 5.91 Å². The maximum atomic E-state index is 13.2. The molecule has 0 saturated carbocycles. The molecule has 1 fully saturated rings. The number of amides is 2. The number of benzene rings is 1. The van der Waals surface area contributed by atoms with Crippen molar-refractivity contribution in [3.63, 3.8) is 0 Å². The number of rotatable bonds is 6. The van der Waals surface area contributed by atoms with Gasteiger partial charge in [0.05, 0.1) is 40.4 Å². The minimum absolute atomic E-state index is 0.193. The van der Waals surface area contributed by atoms with E-state index in [1.54, 1.807) is 30.3 Å². The van der Waals surface area contributed by atoms with E-state index in [-0.39, 0.29) is 18.0 Å². The van der Waals surface area contributed by atoms with Gasteiger partial charge in [-0.25, -0.2) is 14.8 Å². The van der Waals surface area contributed by atoms with Crippen molar-refractivity contribution in [1.29, 1.82) is 0 Å². The van der Waals surface area contributed by atoms with Crippen LogP contribution in [0.15, 0.2) is 48.8 Å². The summed E-state index contributed by atoms with van der Waals surface area (Å²) in [4.78, 5) is 40.7. The Bertz CT molecular complexity index is 1510. The summed E-state index contributed by atoms with van der Waals surface area (Å²) in [5, 5.41) is 10.1. The number of nitrogens with one attached hydrogen (secondary N) is 3. The molecule has 3 N–H and O–H groups in total. The minimum atomic E-state index is -0.504. The average molecular weight is 561 g/mol. The van der Waals surface area contributed by atoms with Crippen LogP contribution in [0.4, 0.5) is 27.1 Å². The third kappa shape index (κ3) is 6.63. The zero-order chi connectivity index (χ0) is 28.3. The topological polar surface area (TPSA) is 134 Å². The highest BCUT2D eigenvalue weighted by Crippen LogP contribution is 2.29. The van der Waals surface area contributed by atoms with Gasteiger partial charge in [-0.15, -0.1) is 0 Å². The number of anilines is 4. The molecule has 5 rings (SSSR count). The summed E-state index contributed by atoms with van der Waals surface area (Å²) < 4.78 is 9.83. The van der Waals surface area contributed by atoms with Crippen LogP contribution >= 0.6 is 11.5 Å². The van der Waals surface area contributed by atoms with E-state index in [4.69, 9.17) is 4.74 Å². The fraction of sp³-hybridized carbons (Fsp3) is 0.357. The largest absolute Gasteiger partial charge is 0.444 e. The number of hydrogen-bond donors (Lipinski definition) is 3. The fourth-order valence-corrected chi connectivity index (χ4v) is 5.15. The maximum absolute atomic E-state index is 13.2. The predicted molar refractivity (Wildman–Crippen MR) is 156 cm³/mol. The van der Waals surface area contributed by atoms with E-state index in [1.807, 2.05) is 51.1 Å². The smallest absolute Gasteiger partial charge is 0.410 e. The molecule has 0 spiro atoms. The maximum Gasteiger partial charge on any atom is 0.410 e. The van der Waals surface area contributed by atoms with Crippen molar-refractivity contribution in [2.24, 2.45) is 0 Å². The Morgan fingerprint density at radius 3 is 2.45 bits per heavy atom. The first-order valence-corrected chi connectivity index (χ1v) is 13.9. The predicted octanol–water partition coefficient (Wildman–Crippen LogP) is 5.60. The van der Waals surface area contributed by atoms with Crippen LogP contribution in [0.2, 0.25) is 0 Å². The van der Waals surface area contributed by atoms with E-state index in [0.717, 1.165) is 23.9 Å². The molecule has 1 aliphatic rings. The Balaban J connectivity index is 1.17. The summed E-state index contributed by atoms with van der Waals surface area (Å²) >= 11 is 1.19. The van der Waals surface area contributed by atoms with Gasteiger partial charge in [-0.3, -0.25) is 9.78 Å². The Morgan fingerprint density at radius 2 is 1.75 bits per heavy atom. The summed E-state index contributed by atoms with van der Waals surface area (Å²) in [5.74, 6) is 0.948. The van der Waals surface area contributed by atoms with Gasteiger partial charge in [0.15, 0.2) is 0 Å². The second-order valence-corrected chi connectivity index (χ2v) is 11.4. The quantitative estimate of drug-likeness (QED) is 0.275. The standard InChI is InChI=1S/C28H32N8O3S/c1-17-24(26(40-35-17)34-23-16-29-20-7-5-6-8-21(20)33-23)25(37)32-19-9-10-22(30-15-19)31-18-11-13-36(14-12-18)27(38)39-28(2,3)4/h5-10,15-16,18H,11-14H2,1-4H3,(H,30,31)(H,32,37)(H,33,34). The number of pyridine rings is 1. The van der Waals surface area contributed by atoms with E-state index >= 15 is 0 Å². The molecule has 0 radical (unpaired) electrons. The second kappa shape index (κ2) is 11.4. The summed E-state index contributed by atoms with van der Waals surface area (Å²) in [6, 6.07) is 11.4. The molecular formula is C28H32N8O3S. The zero-order valence-corrected chi connectivity index (χ0v) is 23.7. The highest BCUT2D eigenvalue weighted by atomic mass is 32.1. The zero-order valence-electron chi connectivity index (χ0n) is 22.9. The van der Waals surface area contributed by atoms with Crippen LogP contribution in [0.1, 0.15) is 49.7 Å². The van der Waals surface area contributed by atoms with Gasteiger partial charge in [0.2, 0.25) is 0 Å². The third-order valence-electron chi connectivity index (χ3n) is 6.30. The molecule has 3 aromatic heterocycles. The van der Waals surface area contributed by atoms with Gasteiger partial charge in [0.1, 0.15) is 22.2 Å².